The average molecular weight is 533 g/mol. The molecule has 1 aliphatic heterocycles. The fourth-order valence-electron chi connectivity index (χ4n) is 4.58. The number of carbonyl (C=O) groups is 2. The second kappa shape index (κ2) is 10.9. The Morgan fingerprint density at radius 2 is 1.86 bits per heavy atom. The van der Waals surface area contributed by atoms with E-state index in [-0.39, 0.29) is 37.2 Å². The van der Waals surface area contributed by atoms with Crippen molar-refractivity contribution in [1.82, 2.24) is 4.57 Å². The summed E-state index contributed by atoms with van der Waals surface area (Å²) in [5, 5.41) is 0.389. The molecule has 0 bridgehead atoms. The number of halogens is 4. The van der Waals surface area contributed by atoms with Gasteiger partial charge in [-0.05, 0) is 52.9 Å². The summed E-state index contributed by atoms with van der Waals surface area (Å²) in [5.41, 5.74) is 6.77. The van der Waals surface area contributed by atoms with E-state index in [4.69, 9.17) is 22.1 Å². The second-order valence-electron chi connectivity index (χ2n) is 8.89. The van der Waals surface area contributed by atoms with Gasteiger partial charge in [-0.2, -0.15) is 0 Å². The van der Waals surface area contributed by atoms with Gasteiger partial charge in [-0.15, -0.1) is 0 Å². The number of primary amides is 1. The van der Waals surface area contributed by atoms with Gasteiger partial charge in [0, 0.05) is 35.7 Å². The maximum absolute atomic E-state index is 14.2. The van der Waals surface area contributed by atoms with Crippen molar-refractivity contribution >= 4 is 23.3 Å². The lowest BCUT2D eigenvalue weighted by molar-refractivity contribution is -0.121. The van der Waals surface area contributed by atoms with Gasteiger partial charge in [0.25, 0.3) is 17.9 Å². The van der Waals surface area contributed by atoms with Crippen LogP contribution in [0.15, 0.2) is 53.5 Å². The molecule has 3 aromatic rings. The largest absolute Gasteiger partial charge is 0.367 e. The number of amides is 1. The van der Waals surface area contributed by atoms with E-state index in [9.17, 15) is 27.6 Å². The van der Waals surface area contributed by atoms with E-state index < -0.39 is 35.9 Å². The Kier molecular flexibility index (Phi) is 7.85. The van der Waals surface area contributed by atoms with E-state index in [0.29, 0.717) is 32.8 Å². The Morgan fingerprint density at radius 3 is 2.51 bits per heavy atom. The predicted octanol–water partition coefficient (Wildman–Crippen LogP) is 4.88. The highest BCUT2D eigenvalue weighted by atomic mass is 35.5. The number of aromatic nitrogens is 1. The fraction of sp³-hybridized carbons (Fsp3) is 0.296. The van der Waals surface area contributed by atoms with Crippen molar-refractivity contribution in [3.8, 4) is 11.1 Å². The lowest BCUT2D eigenvalue weighted by Crippen LogP contribution is -2.32. The SMILES string of the molecule is CC[C@@H](C(=O)Cc1ccc(C(N)=O)c(F)c1)n1cc2c(cc1=O)-c1cc(Cl)ccc1CC(C(F)F)OC2. The zero-order valence-corrected chi connectivity index (χ0v) is 20.6. The Morgan fingerprint density at radius 1 is 1.14 bits per heavy atom. The molecule has 37 heavy (non-hydrogen) atoms. The first-order valence-electron chi connectivity index (χ1n) is 11.6. The van der Waals surface area contributed by atoms with Gasteiger partial charge < -0.3 is 15.0 Å². The first-order valence-corrected chi connectivity index (χ1v) is 12.0. The fourth-order valence-corrected chi connectivity index (χ4v) is 4.75. The van der Waals surface area contributed by atoms with Crippen molar-refractivity contribution < 1.29 is 27.5 Å². The third-order valence-corrected chi connectivity index (χ3v) is 6.69. The number of Topliss-reactive ketones (excluding diaryl/α,β-unsaturated/α-hetero) is 1. The Hall–Kier alpha value is -3.43. The molecular formula is C27H24ClF3N2O4. The smallest absolute Gasteiger partial charge is 0.264 e. The molecule has 2 N–H and O–H groups in total. The number of benzene rings is 2. The Bertz CT molecular complexity index is 1420. The minimum absolute atomic E-state index is 0.0478. The molecule has 0 fully saturated rings. The first kappa shape index (κ1) is 26.6. The standard InChI is InChI=1S/C27H24ClF3N2O4/c1-2-22(23(34)8-14-3-6-18(27(32)36)21(29)7-14)33-12-16-13-37-24(26(30)31)9-15-4-5-17(28)10-19(15)20(16)11-25(33)35/h3-7,10-12,22,24,26H,2,8-9,13H2,1H3,(H2,32,36)/t22-,24?/m0/s1. The summed E-state index contributed by atoms with van der Waals surface area (Å²) >= 11 is 6.18. The predicted molar refractivity (Wildman–Crippen MR) is 132 cm³/mol. The van der Waals surface area contributed by atoms with Crippen molar-refractivity contribution in [2.45, 2.75) is 51.4 Å². The molecule has 1 unspecified atom stereocenters. The van der Waals surface area contributed by atoms with Crippen LogP contribution in [0.2, 0.25) is 5.02 Å². The molecule has 0 spiro atoms. The van der Waals surface area contributed by atoms with Gasteiger partial charge >= 0.3 is 0 Å². The van der Waals surface area contributed by atoms with Gasteiger partial charge in [0.15, 0.2) is 5.78 Å². The van der Waals surface area contributed by atoms with Crippen molar-refractivity contribution in [1.29, 1.82) is 0 Å². The van der Waals surface area contributed by atoms with Gasteiger partial charge in [0.1, 0.15) is 11.9 Å². The van der Waals surface area contributed by atoms with Crippen molar-refractivity contribution in [2.24, 2.45) is 5.73 Å². The zero-order valence-electron chi connectivity index (χ0n) is 19.8. The van der Waals surface area contributed by atoms with Crippen molar-refractivity contribution in [3.63, 3.8) is 0 Å². The van der Waals surface area contributed by atoms with Crippen LogP contribution in [0, 0.1) is 5.82 Å². The number of nitrogens with two attached hydrogens (primary N) is 1. The highest BCUT2D eigenvalue weighted by Crippen LogP contribution is 2.34. The van der Waals surface area contributed by atoms with Crippen LogP contribution in [-0.4, -0.2) is 28.8 Å². The molecular weight excluding hydrogens is 509 g/mol. The summed E-state index contributed by atoms with van der Waals surface area (Å²) in [6.45, 7) is 1.53. The average Bonchev–Trinajstić information content (AvgIpc) is 2.82. The molecule has 4 rings (SSSR count). The summed E-state index contributed by atoms with van der Waals surface area (Å²) < 4.78 is 48.2. The normalized spacial score (nSPS) is 15.9. The van der Waals surface area contributed by atoms with Gasteiger partial charge in [-0.25, -0.2) is 13.2 Å². The van der Waals surface area contributed by atoms with E-state index in [2.05, 4.69) is 0 Å². The van der Waals surface area contributed by atoms with Crippen LogP contribution >= 0.6 is 11.6 Å². The van der Waals surface area contributed by atoms with E-state index in [0.717, 1.165) is 6.07 Å². The van der Waals surface area contributed by atoms with Crippen molar-refractivity contribution in [3.05, 3.63) is 92.1 Å². The van der Waals surface area contributed by atoms with Crippen LogP contribution < -0.4 is 11.3 Å². The number of alkyl halides is 2. The van der Waals surface area contributed by atoms with Crippen molar-refractivity contribution in [2.75, 3.05) is 0 Å². The molecule has 0 saturated carbocycles. The number of nitrogens with zero attached hydrogens (tertiary/aromatic N) is 1. The summed E-state index contributed by atoms with van der Waals surface area (Å²) in [6.07, 6.45) is -2.60. The summed E-state index contributed by atoms with van der Waals surface area (Å²) in [5.74, 6) is -2.13. The quantitative estimate of drug-likeness (QED) is 0.470. The van der Waals surface area contributed by atoms with Crippen LogP contribution in [0.1, 0.15) is 46.4 Å². The Balaban J connectivity index is 1.72. The lowest BCUT2D eigenvalue weighted by Gasteiger charge is -2.26. The molecule has 0 saturated heterocycles. The molecule has 0 radical (unpaired) electrons. The number of rotatable bonds is 7. The van der Waals surface area contributed by atoms with E-state index in [1.165, 1.54) is 29.0 Å². The van der Waals surface area contributed by atoms with Crippen LogP contribution in [0.25, 0.3) is 11.1 Å². The minimum atomic E-state index is -2.72. The molecule has 1 aliphatic rings. The van der Waals surface area contributed by atoms with Crippen LogP contribution in [0.3, 0.4) is 0 Å². The number of hydrogen-bond donors (Lipinski definition) is 1. The van der Waals surface area contributed by atoms with Gasteiger partial charge in [-0.1, -0.05) is 30.7 Å². The lowest BCUT2D eigenvalue weighted by atomic mass is 9.92. The third kappa shape index (κ3) is 5.62. The summed E-state index contributed by atoms with van der Waals surface area (Å²) in [6, 6.07) is 9.01. The van der Waals surface area contributed by atoms with E-state index in [1.54, 1.807) is 25.1 Å². The molecule has 194 valence electrons. The number of ketones is 1. The topological polar surface area (TPSA) is 91.4 Å². The molecule has 2 atom stereocenters. The third-order valence-electron chi connectivity index (χ3n) is 6.45. The molecule has 6 nitrogen and oxygen atoms in total. The maximum atomic E-state index is 14.2. The highest BCUT2D eigenvalue weighted by molar-refractivity contribution is 6.30. The molecule has 0 aliphatic carbocycles. The summed E-state index contributed by atoms with van der Waals surface area (Å²) in [7, 11) is 0. The molecule has 2 heterocycles. The van der Waals surface area contributed by atoms with Crippen LogP contribution in [-0.2, 0) is 29.0 Å². The highest BCUT2D eigenvalue weighted by Gasteiger charge is 2.28. The number of pyridine rings is 1. The number of carbonyl (C=O) groups excluding carboxylic acids is 2. The Labute approximate surface area is 215 Å². The minimum Gasteiger partial charge on any atom is -0.367 e. The monoisotopic (exact) mass is 532 g/mol. The zero-order chi connectivity index (χ0) is 26.9. The maximum Gasteiger partial charge on any atom is 0.264 e. The van der Waals surface area contributed by atoms with Crippen LogP contribution in [0.4, 0.5) is 13.2 Å². The number of fused-ring (bicyclic) bond motifs is 3. The van der Waals surface area contributed by atoms with Gasteiger partial charge in [-0.3, -0.25) is 14.4 Å². The first-order chi connectivity index (χ1) is 17.6. The molecule has 10 heteroatoms. The molecule has 2 aromatic carbocycles. The van der Waals surface area contributed by atoms with E-state index >= 15 is 0 Å². The number of hydrogen-bond acceptors (Lipinski definition) is 4. The second-order valence-corrected chi connectivity index (χ2v) is 9.33. The van der Waals surface area contributed by atoms with E-state index in [1.807, 2.05) is 0 Å². The summed E-state index contributed by atoms with van der Waals surface area (Å²) in [4.78, 5) is 37.6. The van der Waals surface area contributed by atoms with Gasteiger partial charge in [0.05, 0.1) is 18.2 Å². The number of ether oxygens (including phenoxy) is 1. The molecule has 1 aromatic heterocycles. The van der Waals surface area contributed by atoms with Gasteiger partial charge in [0.2, 0.25) is 0 Å². The molecule has 1 amide bonds. The van der Waals surface area contributed by atoms with Crippen LogP contribution in [0.5, 0.6) is 0 Å².